The number of nitrogens with one attached hydrogen (secondary N) is 1. The summed E-state index contributed by atoms with van der Waals surface area (Å²) in [6, 6.07) is 4.43. The van der Waals surface area contributed by atoms with Crippen molar-refractivity contribution in [1.82, 2.24) is 20.1 Å². The summed E-state index contributed by atoms with van der Waals surface area (Å²) in [6.07, 6.45) is 9.11. The number of amides is 1. The van der Waals surface area contributed by atoms with Crippen molar-refractivity contribution in [2.45, 2.75) is 49.7 Å². The van der Waals surface area contributed by atoms with Crippen LogP contribution < -0.4 is 0 Å². The Bertz CT molecular complexity index is 734. The van der Waals surface area contributed by atoms with E-state index in [0.29, 0.717) is 17.0 Å². The number of hydrogen-bond acceptors (Lipinski definition) is 5. The third-order valence-corrected chi connectivity index (χ3v) is 6.01. The van der Waals surface area contributed by atoms with Gasteiger partial charge in [-0.25, -0.2) is 4.98 Å². The number of hydrogen-bond donors (Lipinski definition) is 1. The Morgan fingerprint density at radius 2 is 2.33 bits per heavy atom. The minimum atomic E-state index is 0.193. The second-order valence-corrected chi connectivity index (χ2v) is 8.06. The number of aromatic amines is 1. The summed E-state index contributed by atoms with van der Waals surface area (Å²) in [5.41, 5.74) is 1.24. The largest absolute Gasteiger partial charge is 0.313 e. The summed E-state index contributed by atoms with van der Waals surface area (Å²) in [7, 11) is 0. The van der Waals surface area contributed by atoms with E-state index >= 15 is 0 Å². The summed E-state index contributed by atoms with van der Waals surface area (Å²) in [4.78, 5) is 20.3. The minimum Gasteiger partial charge on any atom is -0.313 e. The van der Waals surface area contributed by atoms with Crippen molar-refractivity contribution in [3.63, 3.8) is 0 Å². The van der Waals surface area contributed by atoms with Gasteiger partial charge >= 0.3 is 0 Å². The summed E-state index contributed by atoms with van der Waals surface area (Å²) < 4.78 is 0. The molecule has 4 rings (SSSR count). The van der Waals surface area contributed by atoms with E-state index in [0.717, 1.165) is 36.4 Å². The molecular weight excluding hydrogens is 340 g/mol. The second kappa shape index (κ2) is 7.11. The van der Waals surface area contributed by atoms with Crippen LogP contribution in [0.5, 0.6) is 0 Å². The van der Waals surface area contributed by atoms with Crippen LogP contribution in [0.1, 0.15) is 38.5 Å². The van der Waals surface area contributed by atoms with E-state index in [-0.39, 0.29) is 5.91 Å². The molecule has 0 aromatic carbocycles. The van der Waals surface area contributed by atoms with E-state index in [1.807, 2.05) is 17.5 Å². The van der Waals surface area contributed by atoms with Crippen LogP contribution in [-0.4, -0.2) is 37.8 Å². The molecule has 0 bridgehead atoms. The summed E-state index contributed by atoms with van der Waals surface area (Å²) >= 11 is 3.04. The number of thiophene rings is 1. The van der Waals surface area contributed by atoms with Crippen LogP contribution in [0.4, 0.5) is 0 Å². The SMILES string of the molecule is O=C(CSc1n[nH]c(-c2cccs2)n1)N(C1=CCCCC1)C1CC1. The maximum absolute atomic E-state index is 12.7. The molecule has 126 valence electrons. The zero-order valence-corrected chi connectivity index (χ0v) is 15.0. The number of rotatable bonds is 6. The van der Waals surface area contributed by atoms with Crippen molar-refractivity contribution < 1.29 is 4.79 Å². The minimum absolute atomic E-state index is 0.193. The first-order valence-electron chi connectivity index (χ1n) is 8.41. The monoisotopic (exact) mass is 360 g/mol. The highest BCUT2D eigenvalue weighted by molar-refractivity contribution is 7.99. The Balaban J connectivity index is 1.39. The Morgan fingerprint density at radius 1 is 1.42 bits per heavy atom. The molecule has 2 aliphatic rings. The van der Waals surface area contributed by atoms with Crippen LogP contribution in [0.15, 0.2) is 34.4 Å². The quantitative estimate of drug-likeness (QED) is 0.789. The average molecular weight is 361 g/mol. The molecule has 0 radical (unpaired) electrons. The zero-order chi connectivity index (χ0) is 16.4. The maximum atomic E-state index is 12.7. The van der Waals surface area contributed by atoms with E-state index in [1.54, 1.807) is 11.3 Å². The van der Waals surface area contributed by atoms with Crippen LogP contribution in [0, 0.1) is 0 Å². The molecule has 5 nitrogen and oxygen atoms in total. The fraction of sp³-hybridized carbons (Fsp3) is 0.471. The number of allylic oxidation sites excluding steroid dienone is 2. The molecule has 24 heavy (non-hydrogen) atoms. The zero-order valence-electron chi connectivity index (χ0n) is 13.4. The Morgan fingerprint density at radius 3 is 3.04 bits per heavy atom. The van der Waals surface area contributed by atoms with Crippen molar-refractivity contribution in [3.8, 4) is 10.7 Å². The molecule has 0 aliphatic heterocycles. The lowest BCUT2D eigenvalue weighted by Gasteiger charge is -2.27. The van der Waals surface area contributed by atoms with Gasteiger partial charge in [-0.15, -0.1) is 16.4 Å². The molecule has 1 saturated carbocycles. The predicted octanol–water partition coefficient (Wildman–Crippen LogP) is 4.07. The molecule has 0 unspecified atom stereocenters. The number of nitrogens with zero attached hydrogens (tertiary/aromatic N) is 3. The first kappa shape index (κ1) is 15.9. The van der Waals surface area contributed by atoms with Crippen molar-refractivity contribution in [1.29, 1.82) is 0 Å². The molecule has 2 aliphatic carbocycles. The van der Waals surface area contributed by atoms with Gasteiger partial charge in [-0.1, -0.05) is 23.9 Å². The van der Waals surface area contributed by atoms with Crippen molar-refractivity contribution >= 4 is 29.0 Å². The van der Waals surface area contributed by atoms with Crippen molar-refractivity contribution in [2.24, 2.45) is 0 Å². The molecule has 7 heteroatoms. The number of carbonyl (C=O) groups excluding carboxylic acids is 1. The fourth-order valence-electron chi connectivity index (χ4n) is 3.00. The first-order chi connectivity index (χ1) is 11.8. The van der Waals surface area contributed by atoms with E-state index in [9.17, 15) is 4.79 Å². The normalized spacial score (nSPS) is 17.6. The third-order valence-electron chi connectivity index (χ3n) is 4.30. The van der Waals surface area contributed by atoms with E-state index in [4.69, 9.17) is 0 Å². The van der Waals surface area contributed by atoms with Gasteiger partial charge in [-0.05, 0) is 50.0 Å². The molecule has 1 amide bonds. The lowest BCUT2D eigenvalue weighted by Crippen LogP contribution is -2.34. The van der Waals surface area contributed by atoms with E-state index in [1.165, 1.54) is 30.3 Å². The fourth-order valence-corrected chi connectivity index (χ4v) is 4.32. The summed E-state index contributed by atoms with van der Waals surface area (Å²) in [6.45, 7) is 0. The van der Waals surface area contributed by atoms with E-state index in [2.05, 4.69) is 26.2 Å². The molecule has 2 heterocycles. The van der Waals surface area contributed by atoms with Gasteiger partial charge in [0.2, 0.25) is 11.1 Å². The number of H-pyrrole nitrogens is 1. The van der Waals surface area contributed by atoms with Gasteiger partial charge < -0.3 is 4.90 Å². The van der Waals surface area contributed by atoms with Crippen molar-refractivity contribution in [2.75, 3.05) is 5.75 Å². The third kappa shape index (κ3) is 3.57. The van der Waals surface area contributed by atoms with Gasteiger partial charge in [-0.2, -0.15) is 0 Å². The molecule has 2 aromatic heterocycles. The predicted molar refractivity (Wildman–Crippen MR) is 96.8 cm³/mol. The van der Waals surface area contributed by atoms with Gasteiger partial charge in [0, 0.05) is 11.7 Å². The van der Waals surface area contributed by atoms with Crippen LogP contribution in [-0.2, 0) is 4.79 Å². The Hall–Kier alpha value is -1.60. The van der Waals surface area contributed by atoms with Crippen LogP contribution >= 0.6 is 23.1 Å². The molecule has 0 saturated heterocycles. The standard InChI is InChI=1S/C17H20N4OS2/c22-15(21(13-8-9-13)12-5-2-1-3-6-12)11-24-17-18-16(19-20-17)14-7-4-10-23-14/h4-5,7,10,13H,1-3,6,8-9,11H2,(H,18,19,20). The smallest absolute Gasteiger partial charge is 0.237 e. The Kier molecular flexibility index (Phi) is 4.71. The van der Waals surface area contributed by atoms with Gasteiger partial charge in [-0.3, -0.25) is 9.89 Å². The van der Waals surface area contributed by atoms with Gasteiger partial charge in [0.25, 0.3) is 0 Å². The Labute approximate surface area is 149 Å². The molecular formula is C17H20N4OS2. The number of thioether (sulfide) groups is 1. The van der Waals surface area contributed by atoms with Crippen molar-refractivity contribution in [3.05, 3.63) is 29.3 Å². The molecule has 1 N–H and O–H groups in total. The van der Waals surface area contributed by atoms with Gasteiger partial charge in [0.05, 0.1) is 10.6 Å². The summed E-state index contributed by atoms with van der Waals surface area (Å²) in [5.74, 6) is 1.36. The van der Waals surface area contributed by atoms with Gasteiger partial charge in [0.1, 0.15) is 0 Å². The highest BCUT2D eigenvalue weighted by atomic mass is 32.2. The van der Waals surface area contributed by atoms with Crippen LogP contribution in [0.25, 0.3) is 10.7 Å². The number of aromatic nitrogens is 3. The molecule has 2 aromatic rings. The maximum Gasteiger partial charge on any atom is 0.237 e. The molecule has 0 spiro atoms. The highest BCUT2D eigenvalue weighted by Crippen LogP contribution is 2.34. The molecule has 1 fully saturated rings. The average Bonchev–Trinajstić information content (AvgIpc) is 3.11. The highest BCUT2D eigenvalue weighted by Gasteiger charge is 2.35. The lowest BCUT2D eigenvalue weighted by molar-refractivity contribution is -0.127. The van der Waals surface area contributed by atoms with Crippen LogP contribution in [0.3, 0.4) is 0 Å². The first-order valence-corrected chi connectivity index (χ1v) is 10.3. The van der Waals surface area contributed by atoms with E-state index < -0.39 is 0 Å². The second-order valence-electron chi connectivity index (χ2n) is 6.17. The van der Waals surface area contributed by atoms with Gasteiger partial charge in [0.15, 0.2) is 5.82 Å². The summed E-state index contributed by atoms with van der Waals surface area (Å²) in [5, 5.41) is 9.83. The topological polar surface area (TPSA) is 61.9 Å². The lowest BCUT2D eigenvalue weighted by atomic mass is 10.0. The number of carbonyl (C=O) groups is 1. The van der Waals surface area contributed by atoms with Crippen LogP contribution in [0.2, 0.25) is 0 Å². The molecule has 0 atom stereocenters.